The van der Waals surface area contributed by atoms with Crippen LogP contribution in [0.1, 0.15) is 26.7 Å². The normalized spacial score (nSPS) is 10.3. The van der Waals surface area contributed by atoms with E-state index in [2.05, 4.69) is 24.0 Å². The second-order valence-electron chi connectivity index (χ2n) is 4.41. The molecule has 4 nitrogen and oxygen atoms in total. The van der Waals surface area contributed by atoms with Crippen molar-refractivity contribution in [2.24, 2.45) is 0 Å². The first-order valence-corrected chi connectivity index (χ1v) is 7.04. The van der Waals surface area contributed by atoms with Gasteiger partial charge in [0.1, 0.15) is 28.3 Å². The van der Waals surface area contributed by atoms with Gasteiger partial charge in [-0.1, -0.05) is 12.1 Å². The molecule has 0 bridgehead atoms. The number of thiazole rings is 1. The van der Waals surface area contributed by atoms with E-state index in [0.717, 1.165) is 16.3 Å². The van der Waals surface area contributed by atoms with Crippen LogP contribution < -0.4 is 4.74 Å². The third kappa shape index (κ3) is 3.16. The summed E-state index contributed by atoms with van der Waals surface area (Å²) in [5.74, 6) is 0.854. The predicted molar refractivity (Wildman–Crippen MR) is 77.8 cm³/mol. The Hall–Kier alpha value is -1.90. The average molecular weight is 288 g/mol. The second kappa shape index (κ2) is 6.51. The molecule has 0 aliphatic rings. The monoisotopic (exact) mass is 288 g/mol. The first-order valence-electron chi connectivity index (χ1n) is 6.22. The highest BCUT2D eigenvalue weighted by Gasteiger charge is 2.11. The van der Waals surface area contributed by atoms with Gasteiger partial charge in [0.15, 0.2) is 0 Å². The lowest BCUT2D eigenvalue weighted by molar-refractivity contribution is 0.181. The van der Waals surface area contributed by atoms with Crippen molar-refractivity contribution in [1.82, 2.24) is 4.98 Å². The van der Waals surface area contributed by atoms with Gasteiger partial charge < -0.3 is 9.47 Å². The summed E-state index contributed by atoms with van der Waals surface area (Å²) in [6.07, 6.45) is 0. The molecule has 0 N–H and O–H groups in total. The van der Waals surface area contributed by atoms with Crippen LogP contribution in [-0.2, 0) is 18.0 Å². The van der Waals surface area contributed by atoms with Crippen LogP contribution in [0.3, 0.4) is 0 Å². The predicted octanol–water partition coefficient (Wildman–Crippen LogP) is 3.36. The summed E-state index contributed by atoms with van der Waals surface area (Å²) in [5.41, 5.74) is 3.00. The Morgan fingerprint density at radius 2 is 2.10 bits per heavy atom. The summed E-state index contributed by atoms with van der Waals surface area (Å²) in [6, 6.07) is 8.10. The molecule has 2 rings (SSSR count). The first kappa shape index (κ1) is 14.5. The third-order valence-electron chi connectivity index (χ3n) is 3.03. The Balaban J connectivity index is 2.11. The number of benzene rings is 1. The van der Waals surface area contributed by atoms with Gasteiger partial charge in [0.05, 0.1) is 12.3 Å². The fourth-order valence-corrected chi connectivity index (χ4v) is 2.58. The molecule has 0 spiro atoms. The fourth-order valence-electron chi connectivity index (χ4n) is 1.80. The van der Waals surface area contributed by atoms with E-state index >= 15 is 0 Å². The van der Waals surface area contributed by atoms with Crippen molar-refractivity contribution < 1.29 is 9.47 Å². The molecule has 0 aliphatic carbocycles. The molecule has 5 heteroatoms. The maximum absolute atomic E-state index is 9.05. The minimum absolute atomic E-state index is 0.350. The molecule has 0 atom stereocenters. The molecule has 0 unspecified atom stereocenters. The Morgan fingerprint density at radius 1 is 1.30 bits per heavy atom. The van der Waals surface area contributed by atoms with Gasteiger partial charge in [-0.15, -0.1) is 11.3 Å². The fraction of sp³-hybridized carbons (Fsp3) is 0.333. The molecule has 0 aliphatic heterocycles. The van der Waals surface area contributed by atoms with Crippen LogP contribution in [0.15, 0.2) is 18.2 Å². The Morgan fingerprint density at radius 3 is 2.80 bits per heavy atom. The van der Waals surface area contributed by atoms with Gasteiger partial charge in [-0.2, -0.15) is 5.26 Å². The van der Waals surface area contributed by atoms with Crippen LogP contribution in [0.4, 0.5) is 0 Å². The molecule has 0 radical (unpaired) electrons. The summed E-state index contributed by atoms with van der Waals surface area (Å²) >= 11 is 1.35. The number of ether oxygens (including phenoxy) is 2. The smallest absolute Gasteiger partial charge is 0.140 e. The molecule has 20 heavy (non-hydrogen) atoms. The number of methoxy groups -OCH3 is 1. The van der Waals surface area contributed by atoms with Crippen LogP contribution in [0.25, 0.3) is 0 Å². The van der Waals surface area contributed by atoms with Crippen LogP contribution in [0.2, 0.25) is 0 Å². The van der Waals surface area contributed by atoms with Crippen molar-refractivity contribution in [2.45, 2.75) is 27.1 Å². The minimum atomic E-state index is 0.350. The highest BCUT2D eigenvalue weighted by Crippen LogP contribution is 2.24. The zero-order valence-corrected chi connectivity index (χ0v) is 12.6. The summed E-state index contributed by atoms with van der Waals surface area (Å²) in [6.45, 7) is 4.80. The van der Waals surface area contributed by atoms with Crippen molar-refractivity contribution in [3.8, 4) is 11.8 Å². The van der Waals surface area contributed by atoms with Crippen molar-refractivity contribution in [3.05, 3.63) is 44.9 Å². The van der Waals surface area contributed by atoms with E-state index in [1.165, 1.54) is 16.9 Å². The largest absolute Gasteiger partial charge is 0.486 e. The number of aromatic nitrogens is 1. The van der Waals surface area contributed by atoms with E-state index in [1.54, 1.807) is 7.11 Å². The van der Waals surface area contributed by atoms with Crippen molar-refractivity contribution in [2.75, 3.05) is 7.11 Å². The molecule has 0 fully saturated rings. The molecule has 1 aromatic heterocycles. The molecule has 1 aromatic carbocycles. The van der Waals surface area contributed by atoms with E-state index in [4.69, 9.17) is 14.7 Å². The standard InChI is InChI=1S/C15H16N2O2S/c1-10-5-4-6-13(11(10)2)19-9-15-17-12(8-18-3)14(7-16)20-15/h4-6H,8-9H2,1-3H3. The molecule has 2 aromatic rings. The Bertz CT molecular complexity index is 644. The van der Waals surface area contributed by atoms with E-state index in [1.807, 2.05) is 19.1 Å². The lowest BCUT2D eigenvalue weighted by Crippen LogP contribution is -1.98. The number of aryl methyl sites for hydroxylation is 1. The highest BCUT2D eigenvalue weighted by atomic mass is 32.1. The van der Waals surface area contributed by atoms with Crippen molar-refractivity contribution in [1.29, 1.82) is 5.26 Å². The van der Waals surface area contributed by atoms with Crippen LogP contribution in [0.5, 0.6) is 5.75 Å². The number of nitrogens with zero attached hydrogens (tertiary/aromatic N) is 2. The lowest BCUT2D eigenvalue weighted by Gasteiger charge is -2.09. The number of nitriles is 1. The molecular formula is C15H16N2O2S. The SMILES string of the molecule is COCc1nc(COc2cccc(C)c2C)sc1C#N. The van der Waals surface area contributed by atoms with Gasteiger partial charge in [-0.25, -0.2) is 4.98 Å². The summed E-state index contributed by atoms with van der Waals surface area (Å²) in [7, 11) is 1.59. The van der Waals surface area contributed by atoms with E-state index in [9.17, 15) is 0 Å². The second-order valence-corrected chi connectivity index (χ2v) is 5.50. The molecular weight excluding hydrogens is 272 g/mol. The summed E-state index contributed by atoms with van der Waals surface area (Å²) in [4.78, 5) is 4.97. The Kier molecular flexibility index (Phi) is 4.72. The van der Waals surface area contributed by atoms with Crippen molar-refractivity contribution >= 4 is 11.3 Å². The zero-order chi connectivity index (χ0) is 14.5. The zero-order valence-electron chi connectivity index (χ0n) is 11.8. The van der Waals surface area contributed by atoms with Gasteiger partial charge in [-0.05, 0) is 31.0 Å². The van der Waals surface area contributed by atoms with Gasteiger partial charge in [-0.3, -0.25) is 0 Å². The average Bonchev–Trinajstić information content (AvgIpc) is 2.83. The van der Waals surface area contributed by atoms with Crippen LogP contribution >= 0.6 is 11.3 Å². The van der Waals surface area contributed by atoms with E-state index < -0.39 is 0 Å². The molecule has 104 valence electrons. The van der Waals surface area contributed by atoms with E-state index in [-0.39, 0.29) is 0 Å². The van der Waals surface area contributed by atoms with E-state index in [0.29, 0.717) is 23.8 Å². The highest BCUT2D eigenvalue weighted by molar-refractivity contribution is 7.12. The minimum Gasteiger partial charge on any atom is -0.486 e. The third-order valence-corrected chi connectivity index (χ3v) is 4.01. The Labute approximate surface area is 122 Å². The lowest BCUT2D eigenvalue weighted by atomic mass is 10.1. The quantitative estimate of drug-likeness (QED) is 0.846. The topological polar surface area (TPSA) is 55.1 Å². The number of rotatable bonds is 5. The number of hydrogen-bond acceptors (Lipinski definition) is 5. The number of hydrogen-bond donors (Lipinski definition) is 0. The summed E-state index contributed by atoms with van der Waals surface area (Å²) < 4.78 is 10.8. The van der Waals surface area contributed by atoms with Gasteiger partial charge in [0.25, 0.3) is 0 Å². The summed E-state index contributed by atoms with van der Waals surface area (Å²) in [5, 5.41) is 9.83. The van der Waals surface area contributed by atoms with Gasteiger partial charge in [0, 0.05) is 7.11 Å². The molecule has 0 saturated carbocycles. The first-order chi connectivity index (χ1) is 9.65. The van der Waals surface area contributed by atoms with Crippen molar-refractivity contribution in [3.63, 3.8) is 0 Å². The van der Waals surface area contributed by atoms with Gasteiger partial charge in [0.2, 0.25) is 0 Å². The van der Waals surface area contributed by atoms with Gasteiger partial charge >= 0.3 is 0 Å². The van der Waals surface area contributed by atoms with Crippen LogP contribution in [0, 0.1) is 25.2 Å². The molecule has 0 amide bonds. The maximum Gasteiger partial charge on any atom is 0.140 e. The molecule has 1 heterocycles. The maximum atomic E-state index is 9.05. The van der Waals surface area contributed by atoms with Crippen LogP contribution in [-0.4, -0.2) is 12.1 Å². The molecule has 0 saturated heterocycles.